The first-order valence-corrected chi connectivity index (χ1v) is 7.65. The Morgan fingerprint density at radius 3 is 3.00 bits per heavy atom. The van der Waals surface area contributed by atoms with Gasteiger partial charge in [-0.3, -0.25) is 0 Å². The molecule has 3 heterocycles. The van der Waals surface area contributed by atoms with Crippen molar-refractivity contribution in [3.8, 4) is 0 Å². The lowest BCUT2D eigenvalue weighted by atomic mass is 10.1. The fraction of sp³-hybridized carbons (Fsp3) is 0.316. The van der Waals surface area contributed by atoms with Crippen molar-refractivity contribution in [2.45, 2.75) is 39.8 Å². The van der Waals surface area contributed by atoms with Gasteiger partial charge in [0, 0.05) is 39.5 Å². The lowest BCUT2D eigenvalue weighted by Gasteiger charge is -2.33. The maximum absolute atomic E-state index is 8.41. The van der Waals surface area contributed by atoms with E-state index in [-0.39, 0.29) is 6.17 Å². The molecule has 0 saturated carbocycles. The summed E-state index contributed by atoms with van der Waals surface area (Å²) in [6.07, 6.45) is 4.83. The number of pyridine rings is 1. The number of anilines is 1. The van der Waals surface area contributed by atoms with Gasteiger partial charge in [0.2, 0.25) is 5.71 Å². The Morgan fingerprint density at radius 2 is 2.17 bits per heavy atom. The van der Waals surface area contributed by atoms with Crippen LogP contribution in [0, 0.1) is 6.92 Å². The molecule has 2 aromatic heterocycles. The van der Waals surface area contributed by atoms with Gasteiger partial charge in [-0.15, -0.1) is 0 Å². The summed E-state index contributed by atoms with van der Waals surface area (Å²) in [6, 6.07) is 6.14. The highest BCUT2D eigenvalue weighted by atomic mass is 16.3. The highest BCUT2D eigenvalue weighted by Crippen LogP contribution is 2.39. The van der Waals surface area contributed by atoms with Crippen molar-refractivity contribution in [2.75, 3.05) is 4.90 Å². The summed E-state index contributed by atoms with van der Waals surface area (Å²) in [7, 11) is 0. The van der Waals surface area contributed by atoms with Crippen molar-refractivity contribution in [1.82, 2.24) is 9.88 Å². The summed E-state index contributed by atoms with van der Waals surface area (Å²) in [5, 5.41) is 1.90. The van der Waals surface area contributed by atoms with Gasteiger partial charge in [0.1, 0.15) is 6.17 Å². The molecule has 0 N–H and O–H groups in total. The smallest absolute Gasteiger partial charge is 0.227 e. The third-order valence-corrected chi connectivity index (χ3v) is 4.43. The lowest BCUT2D eigenvalue weighted by Crippen LogP contribution is -2.39. The SMILES string of the molecule is [2H]C([2H])([2H])C([2H])(C)N1C=CN(c2c(C)ccc3c2oc2ncccc23)[C@H]1C. The maximum atomic E-state index is 8.41. The summed E-state index contributed by atoms with van der Waals surface area (Å²) in [5.41, 5.74) is 3.14. The topological polar surface area (TPSA) is 32.5 Å². The van der Waals surface area contributed by atoms with Gasteiger partial charge >= 0.3 is 0 Å². The van der Waals surface area contributed by atoms with Crippen molar-refractivity contribution >= 4 is 27.8 Å². The van der Waals surface area contributed by atoms with E-state index in [0.717, 1.165) is 22.0 Å². The van der Waals surface area contributed by atoms with Gasteiger partial charge in [0.05, 0.1) is 7.06 Å². The van der Waals surface area contributed by atoms with Gasteiger partial charge in [-0.2, -0.15) is 0 Å². The molecule has 0 aliphatic carbocycles. The number of rotatable bonds is 2. The van der Waals surface area contributed by atoms with E-state index in [1.165, 1.54) is 6.92 Å². The second-order valence-electron chi connectivity index (χ2n) is 5.90. The number of hydrogen-bond donors (Lipinski definition) is 0. The molecule has 1 unspecified atom stereocenters. The molecule has 0 radical (unpaired) electrons. The molecule has 4 nitrogen and oxygen atoms in total. The number of benzene rings is 1. The third-order valence-electron chi connectivity index (χ3n) is 4.43. The molecule has 0 fully saturated rings. The van der Waals surface area contributed by atoms with Gasteiger partial charge < -0.3 is 14.2 Å². The molecule has 4 rings (SSSR count). The Morgan fingerprint density at radius 1 is 1.30 bits per heavy atom. The van der Waals surface area contributed by atoms with Gasteiger partial charge in [-0.1, -0.05) is 12.1 Å². The number of fused-ring (bicyclic) bond motifs is 3. The quantitative estimate of drug-likeness (QED) is 0.690. The minimum absolute atomic E-state index is 0.349. The molecule has 1 aromatic carbocycles. The fourth-order valence-corrected chi connectivity index (χ4v) is 3.26. The second-order valence-corrected chi connectivity index (χ2v) is 5.90. The van der Waals surface area contributed by atoms with Crippen LogP contribution in [0.5, 0.6) is 0 Å². The summed E-state index contributed by atoms with van der Waals surface area (Å²) < 4.78 is 37.7. The molecule has 23 heavy (non-hydrogen) atoms. The standard InChI is InChI=1S/C19H21N3O/c1-12(2)21-10-11-22(14(21)4)17-13(3)7-8-15-16-6-5-9-20-19(16)23-18(15)17/h5-12,14H,1-4H3/t14-/m0/s1/i1D3,12D/t12?,14-. The highest BCUT2D eigenvalue weighted by molar-refractivity contribution is 6.08. The van der Waals surface area contributed by atoms with E-state index in [2.05, 4.69) is 4.98 Å². The van der Waals surface area contributed by atoms with Crippen LogP contribution in [0.25, 0.3) is 22.1 Å². The predicted octanol–water partition coefficient (Wildman–Crippen LogP) is 4.64. The Bertz CT molecular complexity index is 1050. The molecule has 2 atom stereocenters. The Balaban J connectivity index is 1.84. The van der Waals surface area contributed by atoms with Crippen molar-refractivity contribution in [2.24, 2.45) is 0 Å². The number of nitrogens with zero attached hydrogens (tertiary/aromatic N) is 3. The average Bonchev–Trinajstić information content (AvgIpc) is 3.15. The van der Waals surface area contributed by atoms with Crippen LogP contribution in [-0.2, 0) is 0 Å². The fourth-order valence-electron chi connectivity index (χ4n) is 3.26. The van der Waals surface area contributed by atoms with Crippen LogP contribution in [0.1, 0.15) is 31.7 Å². The van der Waals surface area contributed by atoms with Gasteiger partial charge in [-0.05, 0) is 45.3 Å². The van der Waals surface area contributed by atoms with Crippen molar-refractivity contribution in [3.05, 3.63) is 48.4 Å². The van der Waals surface area contributed by atoms with Crippen LogP contribution in [0.4, 0.5) is 5.69 Å². The number of hydrogen-bond acceptors (Lipinski definition) is 4. The second kappa shape index (κ2) is 5.01. The Kier molecular flexibility index (Phi) is 2.25. The lowest BCUT2D eigenvalue weighted by molar-refractivity contribution is 0.263. The van der Waals surface area contributed by atoms with E-state index in [1.807, 2.05) is 49.2 Å². The molecule has 118 valence electrons. The average molecular weight is 311 g/mol. The monoisotopic (exact) mass is 311 g/mol. The molecule has 4 heteroatoms. The highest BCUT2D eigenvalue weighted by Gasteiger charge is 2.28. The zero-order chi connectivity index (χ0) is 19.6. The van der Waals surface area contributed by atoms with E-state index in [4.69, 9.17) is 9.90 Å². The predicted molar refractivity (Wildman–Crippen MR) is 94.3 cm³/mol. The molecule has 0 saturated heterocycles. The van der Waals surface area contributed by atoms with Crippen LogP contribution >= 0.6 is 0 Å². The third kappa shape index (κ3) is 2.01. The van der Waals surface area contributed by atoms with Crippen LogP contribution in [0.2, 0.25) is 0 Å². The molecule has 0 spiro atoms. The van der Waals surface area contributed by atoms with Crippen LogP contribution < -0.4 is 4.90 Å². The van der Waals surface area contributed by atoms with E-state index in [0.29, 0.717) is 11.3 Å². The van der Waals surface area contributed by atoms with E-state index in [9.17, 15) is 0 Å². The zero-order valence-corrected chi connectivity index (χ0v) is 13.4. The van der Waals surface area contributed by atoms with Gasteiger partial charge in [-0.25, -0.2) is 4.98 Å². The van der Waals surface area contributed by atoms with Crippen molar-refractivity contribution < 1.29 is 9.90 Å². The molecule has 3 aromatic rings. The largest absolute Gasteiger partial charge is 0.435 e. The summed E-state index contributed by atoms with van der Waals surface area (Å²) in [6.45, 7) is 2.86. The number of furan rings is 1. The van der Waals surface area contributed by atoms with Crippen LogP contribution in [0.3, 0.4) is 0 Å². The van der Waals surface area contributed by atoms with Crippen molar-refractivity contribution in [1.29, 1.82) is 0 Å². The Hall–Kier alpha value is -2.49. The van der Waals surface area contributed by atoms with Crippen LogP contribution in [0.15, 0.2) is 47.3 Å². The molecular weight excluding hydrogens is 286 g/mol. The zero-order valence-electron chi connectivity index (χ0n) is 17.4. The van der Waals surface area contributed by atoms with Gasteiger partial charge in [0.25, 0.3) is 0 Å². The molecule has 0 amide bonds. The molecule has 0 bridgehead atoms. The first-order valence-electron chi connectivity index (χ1n) is 9.65. The number of aryl methyl sites for hydroxylation is 1. The maximum Gasteiger partial charge on any atom is 0.227 e. The molecule has 1 aliphatic rings. The molecular formula is C19H21N3O. The minimum Gasteiger partial charge on any atom is -0.435 e. The van der Waals surface area contributed by atoms with E-state index < -0.39 is 12.9 Å². The first kappa shape index (κ1) is 10.3. The van der Waals surface area contributed by atoms with Gasteiger partial charge in [0.15, 0.2) is 5.58 Å². The van der Waals surface area contributed by atoms with Crippen LogP contribution in [-0.4, -0.2) is 22.1 Å². The normalized spacial score (nSPS) is 23.7. The van der Waals surface area contributed by atoms with E-state index in [1.54, 1.807) is 17.3 Å². The van der Waals surface area contributed by atoms with E-state index >= 15 is 0 Å². The first-order chi connectivity index (χ1) is 12.6. The number of aromatic nitrogens is 1. The Labute approximate surface area is 141 Å². The summed E-state index contributed by atoms with van der Waals surface area (Å²) >= 11 is 0. The summed E-state index contributed by atoms with van der Waals surface area (Å²) in [5.74, 6) is 0. The molecule has 1 aliphatic heterocycles. The minimum atomic E-state index is -2.44. The summed E-state index contributed by atoms with van der Waals surface area (Å²) in [4.78, 5) is 7.82. The van der Waals surface area contributed by atoms with Crippen molar-refractivity contribution in [3.63, 3.8) is 0 Å².